The first-order valence-electron chi connectivity index (χ1n) is 13.2. The molecule has 5 rings (SSSR count). The van der Waals surface area contributed by atoms with E-state index < -0.39 is 5.41 Å². The molecule has 3 saturated carbocycles. The molecule has 0 aliphatic heterocycles. The van der Waals surface area contributed by atoms with Crippen molar-refractivity contribution < 1.29 is 14.7 Å². The van der Waals surface area contributed by atoms with Gasteiger partial charge in [-0.3, -0.25) is 14.0 Å². The number of amides is 1. The van der Waals surface area contributed by atoms with Crippen molar-refractivity contribution in [3.05, 3.63) is 46.3 Å². The quantitative estimate of drug-likeness (QED) is 0.389. The highest BCUT2D eigenvalue weighted by atomic mass is 35.5. The van der Waals surface area contributed by atoms with Gasteiger partial charge in [-0.1, -0.05) is 52.3 Å². The highest BCUT2D eigenvalue weighted by Crippen LogP contribution is 2.75. The third-order valence-electron chi connectivity index (χ3n) is 11.7. The molecule has 0 bridgehead atoms. The zero-order valence-electron chi connectivity index (χ0n) is 22.3. The van der Waals surface area contributed by atoms with Crippen molar-refractivity contribution in [2.45, 2.75) is 86.5 Å². The van der Waals surface area contributed by atoms with Crippen molar-refractivity contribution >= 4 is 23.5 Å². The molecule has 5 heteroatoms. The van der Waals surface area contributed by atoms with E-state index in [1.165, 1.54) is 9.99 Å². The van der Waals surface area contributed by atoms with Crippen molar-refractivity contribution in [2.24, 2.45) is 33.0 Å². The molecule has 1 amide bonds. The molecule has 5 aliphatic carbocycles. The predicted molar refractivity (Wildman–Crippen MR) is 140 cm³/mol. The summed E-state index contributed by atoms with van der Waals surface area (Å²) in [6, 6.07) is 0. The van der Waals surface area contributed by atoms with Gasteiger partial charge in [0, 0.05) is 35.2 Å². The van der Waals surface area contributed by atoms with Crippen LogP contribution < -0.4 is 0 Å². The molecule has 190 valence electrons. The molecule has 1 N–H and O–H groups in total. The van der Waals surface area contributed by atoms with E-state index in [-0.39, 0.29) is 39.1 Å². The molecule has 6 atom stereocenters. The molecule has 5 aliphatic rings. The Bertz CT molecular complexity index is 1160. The number of halogens is 1. The van der Waals surface area contributed by atoms with E-state index >= 15 is 0 Å². The van der Waals surface area contributed by atoms with Crippen LogP contribution in [0.2, 0.25) is 0 Å². The van der Waals surface area contributed by atoms with Crippen LogP contribution in [-0.4, -0.2) is 28.3 Å². The fraction of sp³-hybridized carbons (Fsp3) is 0.667. The number of allylic oxidation sites excluding steroid dienone is 7. The normalized spacial score (nSPS) is 44.7. The Labute approximate surface area is 215 Å². The molecule has 0 unspecified atom stereocenters. The number of nitrogens with zero attached hydrogens (tertiary/aromatic N) is 1. The van der Waals surface area contributed by atoms with Gasteiger partial charge in [-0.2, -0.15) is 0 Å². The minimum atomic E-state index is -0.436. The van der Waals surface area contributed by atoms with Gasteiger partial charge in [-0.25, -0.2) is 0 Å². The summed E-state index contributed by atoms with van der Waals surface area (Å²) in [5.74, 6) is 0.0430. The third-order valence-corrected chi connectivity index (χ3v) is 11.8. The SMILES string of the molecule is CC1=C(O)C(=O)C=C2C1=CC=C1[C@@]2(C)CC[C@@]2(C)[C@@H]3C[C@](C)(C(=O)N(C)Cl)CC[C@]3(C)CC[C@]12C. The second-order valence-corrected chi connectivity index (χ2v) is 13.9. The smallest absolute Gasteiger partial charge is 0.242 e. The summed E-state index contributed by atoms with van der Waals surface area (Å²) in [5, 5.41) is 10.3. The fourth-order valence-electron chi connectivity index (χ4n) is 9.02. The number of hydrogen-bond acceptors (Lipinski definition) is 3. The van der Waals surface area contributed by atoms with Crippen molar-refractivity contribution in [3.63, 3.8) is 0 Å². The van der Waals surface area contributed by atoms with E-state index in [1.807, 2.05) is 6.92 Å². The van der Waals surface area contributed by atoms with Crippen LogP contribution in [-0.2, 0) is 9.59 Å². The minimum absolute atomic E-state index is 0.0372. The lowest BCUT2D eigenvalue weighted by Crippen LogP contribution is -2.62. The number of fused-ring (bicyclic) bond motifs is 7. The third kappa shape index (κ3) is 3.04. The van der Waals surface area contributed by atoms with Gasteiger partial charge in [0.2, 0.25) is 11.7 Å². The molecular weight excluding hydrogens is 458 g/mol. The van der Waals surface area contributed by atoms with E-state index in [0.29, 0.717) is 11.5 Å². The minimum Gasteiger partial charge on any atom is -0.504 e. The van der Waals surface area contributed by atoms with Crippen molar-refractivity contribution in [2.75, 3.05) is 7.05 Å². The Hall–Kier alpha value is -1.81. The van der Waals surface area contributed by atoms with Gasteiger partial charge >= 0.3 is 0 Å². The average Bonchev–Trinajstić information content (AvgIpc) is 2.80. The van der Waals surface area contributed by atoms with Crippen LogP contribution in [0.15, 0.2) is 46.3 Å². The average molecular weight is 498 g/mol. The molecule has 0 radical (unpaired) electrons. The monoisotopic (exact) mass is 497 g/mol. The number of rotatable bonds is 1. The lowest BCUT2D eigenvalue weighted by atomic mass is 9.34. The second-order valence-electron chi connectivity index (χ2n) is 13.4. The molecule has 0 aromatic rings. The summed E-state index contributed by atoms with van der Waals surface area (Å²) < 4.78 is 1.26. The first-order valence-corrected chi connectivity index (χ1v) is 13.5. The van der Waals surface area contributed by atoms with E-state index in [9.17, 15) is 14.7 Å². The van der Waals surface area contributed by atoms with Crippen LogP contribution in [0.25, 0.3) is 0 Å². The van der Waals surface area contributed by atoms with Gasteiger partial charge in [0.1, 0.15) is 0 Å². The highest BCUT2D eigenvalue weighted by Gasteiger charge is 2.67. The Morgan fingerprint density at radius 3 is 2.34 bits per heavy atom. The van der Waals surface area contributed by atoms with Gasteiger partial charge in [-0.15, -0.1) is 0 Å². The zero-order chi connectivity index (χ0) is 25.8. The molecule has 0 spiro atoms. The van der Waals surface area contributed by atoms with Crippen LogP contribution in [0.4, 0.5) is 0 Å². The zero-order valence-corrected chi connectivity index (χ0v) is 23.1. The molecular formula is C30H40ClNO3. The number of ketones is 1. The topological polar surface area (TPSA) is 57.6 Å². The molecule has 4 nitrogen and oxygen atoms in total. The maximum absolute atomic E-state index is 13.2. The predicted octanol–water partition coefficient (Wildman–Crippen LogP) is 7.23. The van der Waals surface area contributed by atoms with Crippen molar-refractivity contribution in [1.82, 2.24) is 4.42 Å². The number of hydrogen-bond donors (Lipinski definition) is 1. The lowest BCUT2D eigenvalue weighted by molar-refractivity contribution is -0.171. The number of aliphatic hydroxyl groups is 1. The van der Waals surface area contributed by atoms with Crippen LogP contribution >= 0.6 is 11.8 Å². The number of carbonyl (C=O) groups excluding carboxylic acids is 2. The largest absolute Gasteiger partial charge is 0.504 e. The Balaban J connectivity index is 1.62. The van der Waals surface area contributed by atoms with Gasteiger partial charge in [-0.05, 0) is 91.3 Å². The Morgan fingerprint density at radius 1 is 1.03 bits per heavy atom. The van der Waals surface area contributed by atoms with Crippen LogP contribution in [0.1, 0.15) is 86.5 Å². The van der Waals surface area contributed by atoms with Crippen LogP contribution in [0.5, 0.6) is 0 Å². The van der Waals surface area contributed by atoms with Crippen LogP contribution in [0, 0.1) is 33.0 Å². The van der Waals surface area contributed by atoms with Gasteiger partial charge in [0.15, 0.2) is 5.76 Å². The summed E-state index contributed by atoms with van der Waals surface area (Å²) >= 11 is 6.18. The number of carbonyl (C=O) groups is 2. The summed E-state index contributed by atoms with van der Waals surface area (Å²) in [5.41, 5.74) is 3.73. The van der Waals surface area contributed by atoms with E-state index in [0.717, 1.165) is 56.1 Å². The van der Waals surface area contributed by atoms with Gasteiger partial charge in [0.05, 0.1) is 0 Å². The van der Waals surface area contributed by atoms with Crippen molar-refractivity contribution in [3.8, 4) is 0 Å². The standard InChI is InChI=1S/C30H40ClNO3/c1-18-19-8-9-22-28(4,20(19)16-21(33)24(18)34)13-15-30(6)23-17-27(3,25(35)32(7)31)11-10-26(23,2)12-14-29(22,30)5/h8-9,16,23,34H,10-15,17H2,1-7H3/t23-,26-,27-,28+,29-,30+/m1/s1. The molecule has 0 aromatic heterocycles. The maximum atomic E-state index is 13.2. The molecule has 0 heterocycles. The van der Waals surface area contributed by atoms with Crippen molar-refractivity contribution in [1.29, 1.82) is 0 Å². The first-order chi connectivity index (χ1) is 16.1. The fourth-order valence-corrected chi connectivity index (χ4v) is 9.23. The van der Waals surface area contributed by atoms with E-state index in [2.05, 4.69) is 46.8 Å². The number of aliphatic hydroxyl groups excluding tert-OH is 1. The summed E-state index contributed by atoms with van der Waals surface area (Å²) in [7, 11) is 1.66. The van der Waals surface area contributed by atoms with E-state index in [1.54, 1.807) is 13.1 Å². The first kappa shape index (κ1) is 24.9. The van der Waals surface area contributed by atoms with Gasteiger partial charge < -0.3 is 5.11 Å². The maximum Gasteiger partial charge on any atom is 0.242 e. The molecule has 35 heavy (non-hydrogen) atoms. The van der Waals surface area contributed by atoms with Gasteiger partial charge in [0.25, 0.3) is 0 Å². The molecule has 0 saturated heterocycles. The Kier molecular flexibility index (Phi) is 5.24. The Morgan fingerprint density at radius 2 is 1.69 bits per heavy atom. The second kappa shape index (κ2) is 7.37. The molecule has 0 aromatic carbocycles. The van der Waals surface area contributed by atoms with E-state index in [4.69, 9.17) is 11.8 Å². The summed E-state index contributed by atoms with van der Waals surface area (Å²) in [4.78, 5) is 25.8. The lowest BCUT2D eigenvalue weighted by Gasteiger charge is -2.70. The highest BCUT2D eigenvalue weighted by molar-refractivity contribution is 6.21. The molecule has 3 fully saturated rings. The van der Waals surface area contributed by atoms with Crippen LogP contribution in [0.3, 0.4) is 0 Å². The summed E-state index contributed by atoms with van der Waals surface area (Å²) in [6.07, 6.45) is 13.2. The summed E-state index contributed by atoms with van der Waals surface area (Å²) in [6.45, 7) is 13.6.